The molecule has 0 unspecified atom stereocenters. The highest BCUT2D eigenvalue weighted by Gasteiger charge is 2.39. The minimum Gasteiger partial charge on any atom is -0.337 e. The lowest BCUT2D eigenvalue weighted by Gasteiger charge is -2.16. The molecule has 0 atom stereocenters. The van der Waals surface area contributed by atoms with Gasteiger partial charge in [-0.2, -0.15) is 15.1 Å². The summed E-state index contributed by atoms with van der Waals surface area (Å²) in [5.41, 5.74) is 2.28. The molecule has 3 heterocycles. The summed E-state index contributed by atoms with van der Waals surface area (Å²) in [6.45, 7) is 0.543. The molecule has 1 aromatic heterocycles. The van der Waals surface area contributed by atoms with Gasteiger partial charge in [0.1, 0.15) is 11.2 Å². The fourth-order valence-electron chi connectivity index (χ4n) is 3.35. The second kappa shape index (κ2) is 8.00. The first-order valence-electron chi connectivity index (χ1n) is 9.43. The van der Waals surface area contributed by atoms with Crippen LogP contribution in [0.3, 0.4) is 0 Å². The van der Waals surface area contributed by atoms with Crippen molar-refractivity contribution in [3.63, 3.8) is 0 Å². The fourth-order valence-corrected chi connectivity index (χ4v) is 5.70. The van der Waals surface area contributed by atoms with E-state index in [-0.39, 0.29) is 5.91 Å². The molecule has 2 aromatic carbocycles. The van der Waals surface area contributed by atoms with Gasteiger partial charge in [0.25, 0.3) is 5.91 Å². The summed E-state index contributed by atoms with van der Waals surface area (Å²) in [5.74, 6) is 0.355. The van der Waals surface area contributed by atoms with E-state index in [0.717, 1.165) is 22.0 Å². The Labute approximate surface area is 182 Å². The number of benzene rings is 2. The van der Waals surface area contributed by atoms with Crippen LogP contribution in [0.5, 0.6) is 0 Å². The lowest BCUT2D eigenvalue weighted by molar-refractivity contribution is -0.122. The van der Waals surface area contributed by atoms with Crippen LogP contribution in [-0.2, 0) is 11.2 Å². The molecule has 5 rings (SSSR count). The summed E-state index contributed by atoms with van der Waals surface area (Å²) in [5, 5.41) is 8.15. The molecule has 2 aliphatic rings. The largest absolute Gasteiger partial charge is 0.337 e. The molecule has 150 valence electrons. The van der Waals surface area contributed by atoms with Gasteiger partial charge in [-0.15, -0.1) is 0 Å². The summed E-state index contributed by atoms with van der Waals surface area (Å²) in [6.07, 6.45) is 2.15. The Hall–Kier alpha value is -3.04. The number of amides is 1. The number of rotatable bonds is 4. The average Bonchev–Trinajstić information content (AvgIpc) is 3.47. The molecule has 1 fully saturated rings. The van der Waals surface area contributed by atoms with Crippen LogP contribution in [0.4, 0.5) is 11.6 Å². The summed E-state index contributed by atoms with van der Waals surface area (Å²) in [7, 11) is 1.99. The number of fused-ring (bicyclic) bond motifs is 1. The second-order valence-electron chi connectivity index (χ2n) is 6.76. The van der Waals surface area contributed by atoms with E-state index in [1.807, 2.05) is 37.4 Å². The van der Waals surface area contributed by atoms with E-state index in [1.54, 1.807) is 16.7 Å². The van der Waals surface area contributed by atoms with Crippen LogP contribution in [0.1, 0.15) is 5.56 Å². The Balaban J connectivity index is 1.48. The number of H-pyrrole nitrogens is 1. The quantitative estimate of drug-likeness (QED) is 0.625. The van der Waals surface area contributed by atoms with Gasteiger partial charge in [-0.05, 0) is 35.9 Å². The Morgan fingerprint density at radius 1 is 1.07 bits per heavy atom. The van der Waals surface area contributed by atoms with Gasteiger partial charge in [0, 0.05) is 18.5 Å². The van der Waals surface area contributed by atoms with Gasteiger partial charge in [0.2, 0.25) is 5.95 Å². The maximum atomic E-state index is 13.4. The van der Waals surface area contributed by atoms with Crippen molar-refractivity contribution in [2.45, 2.75) is 11.3 Å². The number of aliphatic imine (C=N–C) groups is 1. The van der Waals surface area contributed by atoms with Crippen molar-refractivity contribution in [3.05, 3.63) is 76.4 Å². The Morgan fingerprint density at radius 2 is 1.87 bits per heavy atom. The molecule has 1 N–H and O–H groups in total. The van der Waals surface area contributed by atoms with Crippen LogP contribution < -0.4 is 4.90 Å². The Kier molecular flexibility index (Phi) is 5.06. The third-order valence-corrected chi connectivity index (χ3v) is 7.30. The first-order chi connectivity index (χ1) is 14.7. The topological polar surface area (TPSA) is 77.5 Å². The van der Waals surface area contributed by atoms with Crippen molar-refractivity contribution in [1.82, 2.24) is 20.1 Å². The summed E-state index contributed by atoms with van der Waals surface area (Å²) < 4.78 is 0. The number of amidine groups is 1. The molecule has 2 aliphatic heterocycles. The Morgan fingerprint density at radius 3 is 2.63 bits per heavy atom. The summed E-state index contributed by atoms with van der Waals surface area (Å²) >= 11 is 3.01. The second-order valence-corrected chi connectivity index (χ2v) is 8.77. The number of anilines is 1. The standard InChI is InChI=1S/C21H18N6OS2/c1-26-15-9-5-6-10-16(15)29-19(26)17-18(28)27(12-11-14-7-3-2-4-8-14)21(30-17)24-20-22-13-23-25-20/h2-10,13H,11-12H2,1H3,(H,22,23,25)/b19-17-,24-21-. The number of nitrogens with zero attached hydrogens (tertiary/aromatic N) is 5. The Bertz CT molecular complexity index is 1140. The van der Waals surface area contributed by atoms with E-state index in [4.69, 9.17) is 0 Å². The molecule has 7 nitrogen and oxygen atoms in total. The highest BCUT2D eigenvalue weighted by atomic mass is 32.2. The number of carbonyl (C=O) groups is 1. The fraction of sp³-hybridized carbons (Fsp3) is 0.143. The van der Waals surface area contributed by atoms with Crippen molar-refractivity contribution in [2.24, 2.45) is 4.99 Å². The molecule has 9 heteroatoms. The molecule has 0 saturated carbocycles. The number of carbonyl (C=O) groups excluding carboxylic acids is 1. The van der Waals surface area contributed by atoms with Crippen molar-refractivity contribution in [1.29, 1.82) is 0 Å². The normalized spacial score (nSPS) is 19.8. The number of nitrogens with one attached hydrogen (secondary N) is 1. The van der Waals surface area contributed by atoms with Crippen LogP contribution >= 0.6 is 23.5 Å². The number of thioether (sulfide) groups is 2. The lowest BCUT2D eigenvalue weighted by Crippen LogP contribution is -2.31. The molecule has 0 radical (unpaired) electrons. The van der Waals surface area contributed by atoms with Crippen LogP contribution in [0.2, 0.25) is 0 Å². The highest BCUT2D eigenvalue weighted by molar-refractivity contribution is 8.19. The maximum absolute atomic E-state index is 13.4. The van der Waals surface area contributed by atoms with Crippen LogP contribution in [0.15, 0.2) is 80.7 Å². The zero-order valence-electron chi connectivity index (χ0n) is 16.1. The van der Waals surface area contributed by atoms with Gasteiger partial charge >= 0.3 is 0 Å². The van der Waals surface area contributed by atoms with Crippen LogP contribution in [0.25, 0.3) is 0 Å². The van der Waals surface area contributed by atoms with Crippen molar-refractivity contribution < 1.29 is 4.79 Å². The van der Waals surface area contributed by atoms with E-state index >= 15 is 0 Å². The number of aromatic nitrogens is 3. The van der Waals surface area contributed by atoms with Crippen molar-refractivity contribution in [2.75, 3.05) is 18.5 Å². The lowest BCUT2D eigenvalue weighted by atomic mass is 10.1. The van der Waals surface area contributed by atoms with Gasteiger partial charge in [-0.3, -0.25) is 9.69 Å². The number of aromatic amines is 1. The van der Waals surface area contributed by atoms with E-state index in [0.29, 0.717) is 22.6 Å². The van der Waals surface area contributed by atoms with Crippen LogP contribution in [-0.4, -0.2) is 44.7 Å². The molecular formula is C21H18N6OS2. The van der Waals surface area contributed by atoms with Gasteiger partial charge in [0.05, 0.1) is 10.7 Å². The van der Waals surface area contributed by atoms with Crippen LogP contribution in [0, 0.1) is 0 Å². The van der Waals surface area contributed by atoms with Gasteiger partial charge in [-0.1, -0.05) is 54.2 Å². The summed E-state index contributed by atoms with van der Waals surface area (Å²) in [6, 6.07) is 18.3. The van der Waals surface area contributed by atoms with Crippen molar-refractivity contribution >= 4 is 46.2 Å². The predicted octanol–water partition coefficient (Wildman–Crippen LogP) is 4.02. The number of para-hydroxylation sites is 1. The molecular weight excluding hydrogens is 416 g/mol. The molecule has 0 aliphatic carbocycles. The predicted molar refractivity (Wildman–Crippen MR) is 121 cm³/mol. The zero-order valence-corrected chi connectivity index (χ0v) is 17.8. The van der Waals surface area contributed by atoms with E-state index in [1.165, 1.54) is 23.7 Å². The molecule has 30 heavy (non-hydrogen) atoms. The third-order valence-electron chi connectivity index (χ3n) is 4.87. The van der Waals surface area contributed by atoms with Crippen molar-refractivity contribution in [3.8, 4) is 0 Å². The van der Waals surface area contributed by atoms with E-state index in [9.17, 15) is 4.79 Å². The average molecular weight is 435 g/mol. The molecule has 0 spiro atoms. The zero-order chi connectivity index (χ0) is 20.5. The summed E-state index contributed by atoms with van der Waals surface area (Å²) in [4.78, 5) is 27.7. The van der Waals surface area contributed by atoms with E-state index in [2.05, 4.69) is 49.3 Å². The monoisotopic (exact) mass is 434 g/mol. The smallest absolute Gasteiger partial charge is 0.269 e. The SMILES string of the molecule is CN1/C(=C2/S/C(=N\c3ncn[nH]3)N(CCc3ccccc3)C2=O)Sc2ccccc21. The minimum atomic E-state index is -0.0312. The first-order valence-corrected chi connectivity index (χ1v) is 11.1. The minimum absolute atomic E-state index is 0.0312. The molecule has 3 aromatic rings. The maximum Gasteiger partial charge on any atom is 0.269 e. The number of hydrogen-bond acceptors (Lipinski definition) is 7. The molecule has 0 bridgehead atoms. The molecule has 1 amide bonds. The van der Waals surface area contributed by atoms with Gasteiger partial charge in [0.15, 0.2) is 5.17 Å². The van der Waals surface area contributed by atoms with Gasteiger partial charge in [-0.25, -0.2) is 5.10 Å². The van der Waals surface area contributed by atoms with Gasteiger partial charge < -0.3 is 4.90 Å². The van der Waals surface area contributed by atoms with E-state index < -0.39 is 0 Å². The highest BCUT2D eigenvalue weighted by Crippen LogP contribution is 2.49. The molecule has 1 saturated heterocycles. The third kappa shape index (κ3) is 3.50. The first kappa shape index (κ1) is 19.0. The number of hydrogen-bond donors (Lipinski definition) is 1.